The number of nitrogens with zero attached hydrogens (tertiary/aromatic N) is 3. The first-order valence-corrected chi connectivity index (χ1v) is 6.96. The molecule has 2 N–H and O–H groups in total. The van der Waals surface area contributed by atoms with Gasteiger partial charge in [-0.1, -0.05) is 19.4 Å². The van der Waals surface area contributed by atoms with E-state index in [2.05, 4.69) is 64.8 Å². The molecular weight excluding hydrogens is 250 g/mol. The van der Waals surface area contributed by atoms with Gasteiger partial charge in [-0.25, -0.2) is 0 Å². The molecule has 2 rings (SSSR count). The lowest BCUT2D eigenvalue weighted by atomic mass is 10.1. The molecule has 0 aliphatic rings. The van der Waals surface area contributed by atoms with E-state index in [1.807, 2.05) is 0 Å². The number of rotatable bonds is 6. The average Bonchev–Trinajstić information content (AvgIpc) is 2.38. The highest BCUT2D eigenvalue weighted by atomic mass is 15.3. The summed E-state index contributed by atoms with van der Waals surface area (Å²) < 4.78 is 0. The molecule has 106 valence electrons. The molecule has 5 heteroatoms. The third-order valence-electron chi connectivity index (χ3n) is 2.87. The maximum absolute atomic E-state index is 4.40. The van der Waals surface area contributed by atoms with Gasteiger partial charge in [0.25, 0.3) is 0 Å². The Morgan fingerprint density at radius 3 is 2.55 bits per heavy atom. The minimum Gasteiger partial charge on any atom is -0.353 e. The van der Waals surface area contributed by atoms with E-state index in [1.54, 1.807) is 6.20 Å². The molecule has 0 bridgehead atoms. The Morgan fingerprint density at radius 1 is 1.10 bits per heavy atom. The van der Waals surface area contributed by atoms with Crippen LogP contribution in [0.4, 0.5) is 17.5 Å². The van der Waals surface area contributed by atoms with Crippen LogP contribution in [0, 0.1) is 13.8 Å². The summed E-state index contributed by atoms with van der Waals surface area (Å²) >= 11 is 0. The van der Waals surface area contributed by atoms with Crippen molar-refractivity contribution in [3.05, 3.63) is 35.5 Å². The van der Waals surface area contributed by atoms with Crippen molar-refractivity contribution >= 4 is 17.5 Å². The van der Waals surface area contributed by atoms with Crippen LogP contribution in [0.25, 0.3) is 0 Å². The Hall–Kier alpha value is -2.17. The normalized spacial score (nSPS) is 10.3. The summed E-state index contributed by atoms with van der Waals surface area (Å²) in [6.45, 7) is 7.17. The van der Waals surface area contributed by atoms with Crippen LogP contribution < -0.4 is 10.6 Å². The summed E-state index contributed by atoms with van der Waals surface area (Å²) in [6, 6.07) is 6.31. The highest BCUT2D eigenvalue weighted by Gasteiger charge is 2.01. The molecule has 1 aromatic heterocycles. The number of anilines is 3. The molecule has 0 radical (unpaired) electrons. The number of hydrogen-bond donors (Lipinski definition) is 2. The molecule has 0 aliphatic heterocycles. The molecule has 0 atom stereocenters. The van der Waals surface area contributed by atoms with Gasteiger partial charge in [0.15, 0.2) is 5.82 Å². The van der Waals surface area contributed by atoms with Crippen LogP contribution in [0.1, 0.15) is 30.9 Å². The quantitative estimate of drug-likeness (QED) is 0.788. The van der Waals surface area contributed by atoms with E-state index in [0.29, 0.717) is 11.8 Å². The van der Waals surface area contributed by atoms with E-state index in [-0.39, 0.29) is 0 Å². The zero-order valence-corrected chi connectivity index (χ0v) is 12.3. The lowest BCUT2D eigenvalue weighted by Gasteiger charge is -2.09. The molecule has 0 unspecified atom stereocenters. The van der Waals surface area contributed by atoms with Crippen LogP contribution in [0.5, 0.6) is 0 Å². The number of unbranched alkanes of at least 4 members (excludes halogenated alkanes) is 1. The molecule has 0 aliphatic carbocycles. The van der Waals surface area contributed by atoms with Gasteiger partial charge in [-0.15, -0.1) is 5.10 Å². The summed E-state index contributed by atoms with van der Waals surface area (Å²) in [5.41, 5.74) is 3.45. The third-order valence-corrected chi connectivity index (χ3v) is 2.87. The maximum atomic E-state index is 4.40. The first kappa shape index (κ1) is 14.2. The highest BCUT2D eigenvalue weighted by molar-refractivity contribution is 5.58. The molecular formula is C15H21N5. The second kappa shape index (κ2) is 6.84. The fourth-order valence-corrected chi connectivity index (χ4v) is 2.01. The summed E-state index contributed by atoms with van der Waals surface area (Å²) in [5, 5.41) is 14.4. The Labute approximate surface area is 119 Å². The van der Waals surface area contributed by atoms with Gasteiger partial charge in [0, 0.05) is 12.2 Å². The van der Waals surface area contributed by atoms with E-state index in [9.17, 15) is 0 Å². The number of aryl methyl sites for hydroxylation is 2. The minimum atomic E-state index is 0.563. The lowest BCUT2D eigenvalue weighted by molar-refractivity contribution is 0.819. The summed E-state index contributed by atoms with van der Waals surface area (Å²) in [5.74, 6) is 1.26. The van der Waals surface area contributed by atoms with Crippen molar-refractivity contribution in [2.24, 2.45) is 0 Å². The van der Waals surface area contributed by atoms with Crippen molar-refractivity contribution < 1.29 is 0 Å². The first-order chi connectivity index (χ1) is 9.67. The van der Waals surface area contributed by atoms with Gasteiger partial charge in [0.1, 0.15) is 0 Å². The minimum absolute atomic E-state index is 0.563. The SMILES string of the molecule is CCCCNc1nncc(Nc2cc(C)cc(C)c2)n1. The fourth-order valence-electron chi connectivity index (χ4n) is 2.01. The molecule has 0 saturated carbocycles. The maximum Gasteiger partial charge on any atom is 0.244 e. The number of hydrogen-bond acceptors (Lipinski definition) is 5. The molecule has 0 fully saturated rings. The molecule has 2 aromatic rings. The topological polar surface area (TPSA) is 62.7 Å². The van der Waals surface area contributed by atoms with Gasteiger partial charge >= 0.3 is 0 Å². The first-order valence-electron chi connectivity index (χ1n) is 6.96. The summed E-state index contributed by atoms with van der Waals surface area (Å²) in [4.78, 5) is 4.40. The lowest BCUT2D eigenvalue weighted by Crippen LogP contribution is -2.07. The Bertz CT molecular complexity index is 548. The summed E-state index contributed by atoms with van der Waals surface area (Å²) in [7, 11) is 0. The molecule has 0 amide bonds. The third kappa shape index (κ3) is 4.19. The monoisotopic (exact) mass is 271 g/mol. The zero-order valence-electron chi connectivity index (χ0n) is 12.3. The largest absolute Gasteiger partial charge is 0.353 e. The van der Waals surface area contributed by atoms with Crippen molar-refractivity contribution in [1.82, 2.24) is 15.2 Å². The molecule has 20 heavy (non-hydrogen) atoms. The predicted molar refractivity (Wildman–Crippen MR) is 82.4 cm³/mol. The van der Waals surface area contributed by atoms with Gasteiger partial charge in [0.2, 0.25) is 5.95 Å². The molecule has 0 saturated heterocycles. The molecule has 0 spiro atoms. The fraction of sp³-hybridized carbons (Fsp3) is 0.400. The van der Waals surface area contributed by atoms with Gasteiger partial charge in [-0.3, -0.25) is 0 Å². The molecule has 5 nitrogen and oxygen atoms in total. The van der Waals surface area contributed by atoms with E-state index in [4.69, 9.17) is 0 Å². The van der Waals surface area contributed by atoms with E-state index >= 15 is 0 Å². The number of nitrogens with one attached hydrogen (secondary N) is 2. The van der Waals surface area contributed by atoms with Crippen LogP contribution in [0.15, 0.2) is 24.4 Å². The van der Waals surface area contributed by atoms with Crippen LogP contribution in [-0.4, -0.2) is 21.7 Å². The standard InChI is InChI=1S/C15H21N5/c1-4-5-6-16-15-19-14(10-17-20-15)18-13-8-11(2)7-12(3)9-13/h7-10H,4-6H2,1-3H3,(H2,16,18,19,20). The van der Waals surface area contributed by atoms with Crippen molar-refractivity contribution in [3.8, 4) is 0 Å². The van der Waals surface area contributed by atoms with Crippen LogP contribution in [0.2, 0.25) is 0 Å². The summed E-state index contributed by atoms with van der Waals surface area (Å²) in [6.07, 6.45) is 3.86. The van der Waals surface area contributed by atoms with Gasteiger partial charge < -0.3 is 10.6 Å². The van der Waals surface area contributed by atoms with Crippen LogP contribution >= 0.6 is 0 Å². The average molecular weight is 271 g/mol. The number of aromatic nitrogens is 3. The molecule has 1 heterocycles. The van der Waals surface area contributed by atoms with Gasteiger partial charge in [-0.2, -0.15) is 10.1 Å². The van der Waals surface area contributed by atoms with Gasteiger partial charge in [0.05, 0.1) is 6.20 Å². The zero-order chi connectivity index (χ0) is 14.4. The smallest absolute Gasteiger partial charge is 0.244 e. The van der Waals surface area contributed by atoms with Crippen molar-refractivity contribution in [2.75, 3.05) is 17.2 Å². The second-order valence-electron chi connectivity index (χ2n) is 4.95. The van der Waals surface area contributed by atoms with Crippen molar-refractivity contribution in [2.45, 2.75) is 33.6 Å². The highest BCUT2D eigenvalue weighted by Crippen LogP contribution is 2.18. The van der Waals surface area contributed by atoms with Crippen molar-refractivity contribution in [3.63, 3.8) is 0 Å². The van der Waals surface area contributed by atoms with Crippen LogP contribution in [0.3, 0.4) is 0 Å². The van der Waals surface area contributed by atoms with E-state index < -0.39 is 0 Å². The Balaban J connectivity index is 2.07. The van der Waals surface area contributed by atoms with Gasteiger partial charge in [-0.05, 0) is 43.5 Å². The van der Waals surface area contributed by atoms with E-state index in [1.165, 1.54) is 11.1 Å². The Morgan fingerprint density at radius 2 is 1.85 bits per heavy atom. The second-order valence-corrected chi connectivity index (χ2v) is 4.95. The Kier molecular flexibility index (Phi) is 4.87. The van der Waals surface area contributed by atoms with E-state index in [0.717, 1.165) is 25.1 Å². The molecule has 1 aromatic carbocycles. The van der Waals surface area contributed by atoms with Crippen LogP contribution in [-0.2, 0) is 0 Å². The predicted octanol–water partition coefficient (Wildman–Crippen LogP) is 3.44. The number of benzene rings is 1. The van der Waals surface area contributed by atoms with Crippen molar-refractivity contribution in [1.29, 1.82) is 0 Å².